The first-order chi connectivity index (χ1) is 8.75. The van der Waals surface area contributed by atoms with Crippen molar-refractivity contribution in [3.05, 3.63) is 0 Å². The van der Waals surface area contributed by atoms with Crippen LogP contribution in [0.5, 0.6) is 0 Å². The zero-order valence-corrected chi connectivity index (χ0v) is 11.7. The summed E-state index contributed by atoms with van der Waals surface area (Å²) in [7, 11) is 1.53. The SMILES string of the molecule is CCCC(C(=O)OC)(C1CC1)N1CCCNCC1. The van der Waals surface area contributed by atoms with Crippen LogP contribution in [0.1, 0.15) is 39.0 Å². The molecule has 1 aliphatic carbocycles. The van der Waals surface area contributed by atoms with E-state index >= 15 is 0 Å². The van der Waals surface area contributed by atoms with Crippen molar-refractivity contribution in [3.63, 3.8) is 0 Å². The maximum atomic E-state index is 12.4. The standard InChI is InChI=1S/C14H26N2O2/c1-3-7-14(12-5-6-12,13(17)18-2)16-10-4-8-15-9-11-16/h12,15H,3-11H2,1-2H3. The van der Waals surface area contributed by atoms with Gasteiger partial charge in [-0.3, -0.25) is 9.69 Å². The van der Waals surface area contributed by atoms with Crippen LogP contribution in [0.4, 0.5) is 0 Å². The molecule has 0 spiro atoms. The minimum atomic E-state index is -0.338. The highest BCUT2D eigenvalue weighted by atomic mass is 16.5. The Morgan fingerprint density at radius 3 is 2.78 bits per heavy atom. The van der Waals surface area contributed by atoms with Gasteiger partial charge in [0, 0.05) is 19.6 Å². The Kier molecular flexibility index (Phi) is 4.62. The van der Waals surface area contributed by atoms with E-state index in [2.05, 4.69) is 17.1 Å². The minimum Gasteiger partial charge on any atom is -0.468 e. The highest BCUT2D eigenvalue weighted by Crippen LogP contribution is 2.46. The van der Waals surface area contributed by atoms with Gasteiger partial charge in [-0.1, -0.05) is 13.3 Å². The fourth-order valence-electron chi connectivity index (χ4n) is 3.38. The van der Waals surface area contributed by atoms with Crippen LogP contribution in [0.3, 0.4) is 0 Å². The first-order valence-corrected chi connectivity index (χ1v) is 7.30. The van der Waals surface area contributed by atoms with Gasteiger partial charge in [0.1, 0.15) is 5.54 Å². The molecule has 4 heteroatoms. The summed E-state index contributed by atoms with van der Waals surface area (Å²) < 4.78 is 5.16. The fraction of sp³-hybridized carbons (Fsp3) is 0.929. The van der Waals surface area contributed by atoms with E-state index in [1.165, 1.54) is 20.0 Å². The third-order valence-corrected chi connectivity index (χ3v) is 4.33. The van der Waals surface area contributed by atoms with Gasteiger partial charge in [-0.2, -0.15) is 0 Å². The zero-order valence-electron chi connectivity index (χ0n) is 11.7. The van der Waals surface area contributed by atoms with E-state index in [0.29, 0.717) is 5.92 Å². The summed E-state index contributed by atoms with van der Waals surface area (Å²) in [6.45, 7) is 6.18. The molecule has 0 amide bonds. The van der Waals surface area contributed by atoms with Crippen LogP contribution < -0.4 is 5.32 Å². The van der Waals surface area contributed by atoms with Gasteiger partial charge in [0.15, 0.2) is 0 Å². The van der Waals surface area contributed by atoms with E-state index in [4.69, 9.17) is 4.74 Å². The molecule has 0 radical (unpaired) electrons. The molecule has 2 aliphatic rings. The predicted molar refractivity (Wildman–Crippen MR) is 71.4 cm³/mol. The van der Waals surface area contributed by atoms with Crippen molar-refractivity contribution < 1.29 is 9.53 Å². The first kappa shape index (κ1) is 13.8. The molecule has 1 heterocycles. The van der Waals surface area contributed by atoms with E-state index in [1.54, 1.807) is 0 Å². The molecular formula is C14H26N2O2. The summed E-state index contributed by atoms with van der Waals surface area (Å²) in [6, 6.07) is 0. The molecule has 0 aromatic carbocycles. The van der Waals surface area contributed by atoms with Crippen LogP contribution in [0.15, 0.2) is 0 Å². The summed E-state index contributed by atoms with van der Waals surface area (Å²) in [4.78, 5) is 14.8. The predicted octanol–water partition coefficient (Wildman–Crippen LogP) is 1.40. The smallest absolute Gasteiger partial charge is 0.326 e. The molecule has 1 saturated heterocycles. The van der Waals surface area contributed by atoms with Gasteiger partial charge >= 0.3 is 5.97 Å². The van der Waals surface area contributed by atoms with E-state index < -0.39 is 0 Å². The molecule has 1 atom stereocenters. The summed E-state index contributed by atoms with van der Waals surface area (Å²) >= 11 is 0. The maximum Gasteiger partial charge on any atom is 0.326 e. The summed E-state index contributed by atoms with van der Waals surface area (Å²) in [5.74, 6) is 0.511. The second kappa shape index (κ2) is 6.02. The van der Waals surface area contributed by atoms with Crippen LogP contribution in [-0.4, -0.2) is 49.7 Å². The van der Waals surface area contributed by atoms with E-state index in [0.717, 1.165) is 45.4 Å². The number of rotatable bonds is 5. The molecular weight excluding hydrogens is 228 g/mol. The highest BCUT2D eigenvalue weighted by molar-refractivity contribution is 5.81. The Hall–Kier alpha value is -0.610. The van der Waals surface area contributed by atoms with Crippen molar-refractivity contribution in [2.24, 2.45) is 5.92 Å². The molecule has 0 aromatic rings. The molecule has 104 valence electrons. The van der Waals surface area contributed by atoms with Crippen molar-refractivity contribution in [1.82, 2.24) is 10.2 Å². The van der Waals surface area contributed by atoms with Crippen molar-refractivity contribution in [1.29, 1.82) is 0 Å². The number of nitrogens with one attached hydrogen (secondary N) is 1. The van der Waals surface area contributed by atoms with Crippen LogP contribution in [-0.2, 0) is 9.53 Å². The lowest BCUT2D eigenvalue weighted by Gasteiger charge is -2.41. The minimum absolute atomic E-state index is 0.00579. The van der Waals surface area contributed by atoms with Crippen molar-refractivity contribution >= 4 is 5.97 Å². The largest absolute Gasteiger partial charge is 0.468 e. The van der Waals surface area contributed by atoms with Gasteiger partial charge in [0.25, 0.3) is 0 Å². The molecule has 2 rings (SSSR count). The fourth-order valence-corrected chi connectivity index (χ4v) is 3.38. The van der Waals surface area contributed by atoms with E-state index in [1.807, 2.05) is 0 Å². The lowest BCUT2D eigenvalue weighted by atomic mass is 9.85. The first-order valence-electron chi connectivity index (χ1n) is 7.30. The van der Waals surface area contributed by atoms with Crippen LogP contribution in [0, 0.1) is 5.92 Å². The number of hydrogen-bond donors (Lipinski definition) is 1. The summed E-state index contributed by atoms with van der Waals surface area (Å²) in [5.41, 5.74) is -0.338. The molecule has 0 aromatic heterocycles. The number of carbonyl (C=O) groups is 1. The van der Waals surface area contributed by atoms with E-state index in [9.17, 15) is 4.79 Å². The Morgan fingerprint density at radius 2 is 2.17 bits per heavy atom. The number of ether oxygens (including phenoxy) is 1. The molecule has 18 heavy (non-hydrogen) atoms. The van der Waals surface area contributed by atoms with Crippen molar-refractivity contribution in [2.75, 3.05) is 33.3 Å². The molecule has 4 nitrogen and oxygen atoms in total. The third-order valence-electron chi connectivity index (χ3n) is 4.33. The van der Waals surface area contributed by atoms with Gasteiger partial charge in [0.2, 0.25) is 0 Å². The third kappa shape index (κ3) is 2.54. The Bertz CT molecular complexity index is 284. The highest BCUT2D eigenvalue weighted by Gasteiger charge is 2.54. The van der Waals surface area contributed by atoms with Gasteiger partial charge in [-0.05, 0) is 38.1 Å². The van der Waals surface area contributed by atoms with Crippen molar-refractivity contribution in [2.45, 2.75) is 44.6 Å². The Balaban J connectivity index is 2.22. The topological polar surface area (TPSA) is 41.6 Å². The van der Waals surface area contributed by atoms with Crippen LogP contribution in [0.25, 0.3) is 0 Å². The molecule has 2 fully saturated rings. The number of carbonyl (C=O) groups excluding carboxylic acids is 1. The molecule has 1 N–H and O–H groups in total. The summed E-state index contributed by atoms with van der Waals surface area (Å²) in [6.07, 6.45) is 5.45. The maximum absolute atomic E-state index is 12.4. The number of hydrogen-bond acceptors (Lipinski definition) is 4. The molecule has 1 unspecified atom stereocenters. The zero-order chi connectivity index (χ0) is 13.0. The van der Waals surface area contributed by atoms with Crippen molar-refractivity contribution in [3.8, 4) is 0 Å². The second-order valence-electron chi connectivity index (χ2n) is 5.53. The molecule has 0 bridgehead atoms. The van der Waals surface area contributed by atoms with Gasteiger partial charge in [0.05, 0.1) is 7.11 Å². The lowest BCUT2D eigenvalue weighted by molar-refractivity contribution is -0.158. The lowest BCUT2D eigenvalue weighted by Crippen LogP contribution is -2.58. The Labute approximate surface area is 110 Å². The van der Waals surface area contributed by atoms with Gasteiger partial charge in [-0.15, -0.1) is 0 Å². The van der Waals surface area contributed by atoms with E-state index in [-0.39, 0.29) is 11.5 Å². The second-order valence-corrected chi connectivity index (χ2v) is 5.53. The number of nitrogens with zero attached hydrogens (tertiary/aromatic N) is 1. The van der Waals surface area contributed by atoms with Crippen LogP contribution in [0.2, 0.25) is 0 Å². The number of esters is 1. The number of methoxy groups -OCH3 is 1. The van der Waals surface area contributed by atoms with Crippen LogP contribution >= 0.6 is 0 Å². The monoisotopic (exact) mass is 254 g/mol. The summed E-state index contributed by atoms with van der Waals surface area (Å²) in [5, 5.41) is 3.41. The molecule has 1 saturated carbocycles. The Morgan fingerprint density at radius 1 is 1.39 bits per heavy atom. The average Bonchev–Trinajstić information content (AvgIpc) is 3.21. The quantitative estimate of drug-likeness (QED) is 0.753. The van der Waals surface area contributed by atoms with Gasteiger partial charge in [-0.25, -0.2) is 0 Å². The average molecular weight is 254 g/mol. The van der Waals surface area contributed by atoms with Gasteiger partial charge < -0.3 is 10.1 Å². The molecule has 1 aliphatic heterocycles. The normalized spacial score (nSPS) is 25.2.